The first-order valence-electron chi connectivity index (χ1n) is 9.97. The SMILES string of the molecule is CC(C)N1C[C@@H](C(=O)Nc2ccccc2C(=O)NCCc2ccccc2)CC1=O. The summed E-state index contributed by atoms with van der Waals surface area (Å²) in [6, 6.07) is 16.9. The summed E-state index contributed by atoms with van der Waals surface area (Å²) in [7, 11) is 0. The summed E-state index contributed by atoms with van der Waals surface area (Å²) in [5.74, 6) is -0.875. The van der Waals surface area contributed by atoms with Crippen LogP contribution in [0.15, 0.2) is 54.6 Å². The molecule has 3 amide bonds. The van der Waals surface area contributed by atoms with E-state index in [0.29, 0.717) is 24.3 Å². The molecule has 2 N–H and O–H groups in total. The molecule has 0 aliphatic carbocycles. The van der Waals surface area contributed by atoms with Crippen LogP contribution in [0.25, 0.3) is 0 Å². The van der Waals surface area contributed by atoms with Crippen molar-refractivity contribution >= 4 is 23.4 Å². The number of carbonyl (C=O) groups is 3. The van der Waals surface area contributed by atoms with Gasteiger partial charge < -0.3 is 15.5 Å². The number of hydrogen-bond acceptors (Lipinski definition) is 3. The molecule has 1 atom stereocenters. The number of anilines is 1. The van der Waals surface area contributed by atoms with Crippen LogP contribution in [0.4, 0.5) is 5.69 Å². The summed E-state index contributed by atoms with van der Waals surface area (Å²) in [5, 5.41) is 5.75. The van der Waals surface area contributed by atoms with Gasteiger partial charge in [0.25, 0.3) is 5.91 Å². The zero-order valence-corrected chi connectivity index (χ0v) is 16.9. The minimum absolute atomic E-state index is 0.00732. The van der Waals surface area contributed by atoms with E-state index in [1.54, 1.807) is 29.2 Å². The smallest absolute Gasteiger partial charge is 0.253 e. The quantitative estimate of drug-likeness (QED) is 0.759. The molecule has 152 valence electrons. The van der Waals surface area contributed by atoms with E-state index in [9.17, 15) is 14.4 Å². The van der Waals surface area contributed by atoms with Crippen molar-refractivity contribution in [2.45, 2.75) is 32.7 Å². The standard InChI is InChI=1S/C23H27N3O3/c1-16(2)26-15-18(14-21(26)27)22(28)25-20-11-7-6-10-19(20)23(29)24-13-12-17-8-4-3-5-9-17/h3-11,16,18H,12-15H2,1-2H3,(H,24,29)(H,25,28)/t18-/m0/s1. The van der Waals surface area contributed by atoms with E-state index in [2.05, 4.69) is 10.6 Å². The first-order valence-corrected chi connectivity index (χ1v) is 9.97. The highest BCUT2D eigenvalue weighted by Gasteiger charge is 2.35. The third-order valence-corrected chi connectivity index (χ3v) is 5.12. The van der Waals surface area contributed by atoms with Gasteiger partial charge in [0, 0.05) is 25.6 Å². The van der Waals surface area contributed by atoms with E-state index in [1.807, 2.05) is 44.2 Å². The summed E-state index contributed by atoms with van der Waals surface area (Å²) >= 11 is 0. The van der Waals surface area contributed by atoms with Gasteiger partial charge in [-0.3, -0.25) is 14.4 Å². The van der Waals surface area contributed by atoms with Crippen molar-refractivity contribution in [2.24, 2.45) is 5.92 Å². The second-order valence-corrected chi connectivity index (χ2v) is 7.57. The van der Waals surface area contributed by atoms with Crippen molar-refractivity contribution in [1.29, 1.82) is 0 Å². The fraction of sp³-hybridized carbons (Fsp3) is 0.348. The predicted molar refractivity (Wildman–Crippen MR) is 113 cm³/mol. The van der Waals surface area contributed by atoms with E-state index in [1.165, 1.54) is 0 Å². The normalized spacial score (nSPS) is 16.2. The van der Waals surface area contributed by atoms with Crippen molar-refractivity contribution in [1.82, 2.24) is 10.2 Å². The number of amides is 3. The van der Waals surface area contributed by atoms with Crippen molar-refractivity contribution in [3.63, 3.8) is 0 Å². The molecule has 1 heterocycles. The lowest BCUT2D eigenvalue weighted by molar-refractivity contribution is -0.129. The molecule has 0 unspecified atom stereocenters. The van der Waals surface area contributed by atoms with Crippen LogP contribution in [0.1, 0.15) is 36.2 Å². The Balaban J connectivity index is 1.60. The summed E-state index contributed by atoms with van der Waals surface area (Å²) in [6.45, 7) is 4.79. The number of likely N-dealkylation sites (tertiary alicyclic amines) is 1. The van der Waals surface area contributed by atoms with Gasteiger partial charge in [0.1, 0.15) is 0 Å². The van der Waals surface area contributed by atoms with Crippen LogP contribution in [0, 0.1) is 5.92 Å². The highest BCUT2D eigenvalue weighted by atomic mass is 16.2. The number of nitrogens with one attached hydrogen (secondary N) is 2. The lowest BCUT2D eigenvalue weighted by atomic mass is 10.1. The molecule has 1 aliphatic rings. The Morgan fingerprint density at radius 1 is 1.07 bits per heavy atom. The number of hydrogen-bond donors (Lipinski definition) is 2. The predicted octanol–water partition coefficient (Wildman–Crippen LogP) is 2.85. The van der Waals surface area contributed by atoms with Crippen molar-refractivity contribution in [3.8, 4) is 0 Å². The molecule has 1 fully saturated rings. The van der Waals surface area contributed by atoms with Crippen molar-refractivity contribution in [3.05, 3.63) is 65.7 Å². The Kier molecular flexibility index (Phi) is 6.65. The molecule has 3 rings (SSSR count). The van der Waals surface area contributed by atoms with Gasteiger partial charge in [-0.25, -0.2) is 0 Å². The van der Waals surface area contributed by atoms with Gasteiger partial charge in [-0.1, -0.05) is 42.5 Å². The van der Waals surface area contributed by atoms with Crippen LogP contribution in [0.5, 0.6) is 0 Å². The van der Waals surface area contributed by atoms with Gasteiger partial charge in [0.15, 0.2) is 0 Å². The Hall–Kier alpha value is -3.15. The number of rotatable bonds is 7. The molecule has 0 aromatic heterocycles. The molecule has 0 bridgehead atoms. The lowest BCUT2D eigenvalue weighted by Gasteiger charge is -2.20. The Morgan fingerprint density at radius 2 is 1.76 bits per heavy atom. The molecule has 2 aromatic rings. The third kappa shape index (κ3) is 5.22. The molecule has 29 heavy (non-hydrogen) atoms. The number of para-hydroxylation sites is 1. The first-order chi connectivity index (χ1) is 14.0. The average molecular weight is 393 g/mol. The van der Waals surface area contributed by atoms with E-state index < -0.39 is 5.92 Å². The number of carbonyl (C=O) groups excluding carboxylic acids is 3. The third-order valence-electron chi connectivity index (χ3n) is 5.12. The van der Waals surface area contributed by atoms with Gasteiger partial charge in [-0.2, -0.15) is 0 Å². The van der Waals surface area contributed by atoms with Crippen LogP contribution in [0.2, 0.25) is 0 Å². The highest BCUT2D eigenvalue weighted by molar-refractivity contribution is 6.05. The summed E-state index contributed by atoms with van der Waals surface area (Å²) in [6.07, 6.45) is 0.936. The highest BCUT2D eigenvalue weighted by Crippen LogP contribution is 2.23. The lowest BCUT2D eigenvalue weighted by Crippen LogP contribution is -2.33. The maximum atomic E-state index is 12.7. The van der Waals surface area contributed by atoms with Crippen LogP contribution >= 0.6 is 0 Å². The van der Waals surface area contributed by atoms with Crippen LogP contribution in [-0.4, -0.2) is 41.8 Å². The van der Waals surface area contributed by atoms with E-state index >= 15 is 0 Å². The minimum Gasteiger partial charge on any atom is -0.352 e. The molecule has 6 heteroatoms. The summed E-state index contributed by atoms with van der Waals surface area (Å²) in [4.78, 5) is 39.1. The van der Waals surface area contributed by atoms with Crippen LogP contribution < -0.4 is 10.6 Å². The largest absolute Gasteiger partial charge is 0.352 e. The molecular formula is C23H27N3O3. The maximum absolute atomic E-state index is 12.7. The molecule has 0 saturated carbocycles. The fourth-order valence-electron chi connectivity index (χ4n) is 3.49. The zero-order chi connectivity index (χ0) is 20.8. The van der Waals surface area contributed by atoms with E-state index in [-0.39, 0.29) is 30.2 Å². The zero-order valence-electron chi connectivity index (χ0n) is 16.9. The molecule has 6 nitrogen and oxygen atoms in total. The summed E-state index contributed by atoms with van der Waals surface area (Å²) in [5.41, 5.74) is 2.03. The first kappa shape index (κ1) is 20.6. The van der Waals surface area contributed by atoms with Crippen molar-refractivity contribution in [2.75, 3.05) is 18.4 Å². The van der Waals surface area contributed by atoms with Gasteiger partial charge >= 0.3 is 0 Å². The minimum atomic E-state index is -0.404. The second-order valence-electron chi connectivity index (χ2n) is 7.57. The molecule has 1 saturated heterocycles. The Morgan fingerprint density at radius 3 is 2.45 bits per heavy atom. The van der Waals surface area contributed by atoms with Crippen molar-refractivity contribution < 1.29 is 14.4 Å². The average Bonchev–Trinajstić information content (AvgIpc) is 3.11. The molecule has 2 aromatic carbocycles. The van der Waals surface area contributed by atoms with Crippen LogP contribution in [-0.2, 0) is 16.0 Å². The molecule has 1 aliphatic heterocycles. The summed E-state index contributed by atoms with van der Waals surface area (Å²) < 4.78 is 0. The topological polar surface area (TPSA) is 78.5 Å². The van der Waals surface area contributed by atoms with Crippen LogP contribution in [0.3, 0.4) is 0 Å². The maximum Gasteiger partial charge on any atom is 0.253 e. The van der Waals surface area contributed by atoms with Gasteiger partial charge in [-0.05, 0) is 38.0 Å². The van der Waals surface area contributed by atoms with Gasteiger partial charge in [-0.15, -0.1) is 0 Å². The Bertz CT molecular complexity index is 880. The van der Waals surface area contributed by atoms with Gasteiger partial charge in [0.2, 0.25) is 11.8 Å². The number of nitrogens with zero attached hydrogens (tertiary/aromatic N) is 1. The monoisotopic (exact) mass is 393 g/mol. The molecule has 0 spiro atoms. The van der Waals surface area contributed by atoms with E-state index in [4.69, 9.17) is 0 Å². The molecular weight excluding hydrogens is 366 g/mol. The second kappa shape index (κ2) is 9.37. The Labute approximate surface area is 171 Å². The number of benzene rings is 2. The fourth-order valence-corrected chi connectivity index (χ4v) is 3.49. The van der Waals surface area contributed by atoms with Gasteiger partial charge in [0.05, 0.1) is 17.2 Å². The molecule has 0 radical (unpaired) electrons. The van der Waals surface area contributed by atoms with E-state index in [0.717, 1.165) is 12.0 Å².